The number of hydrogen-bond donors (Lipinski definition) is 2. The maximum atomic E-state index is 13.4. The number of nitrogens with zero attached hydrogens (tertiary/aromatic N) is 1. The smallest absolute Gasteiger partial charge is 0.321 e. The number of thiophene rings is 1. The molecule has 0 fully saturated rings. The number of benzene rings is 1. The van der Waals surface area contributed by atoms with E-state index in [9.17, 15) is 40.3 Å². The van der Waals surface area contributed by atoms with Gasteiger partial charge in [0.25, 0.3) is 5.91 Å². The molecule has 2 rings (SSSR count). The quantitative estimate of drug-likeness (QED) is 0.282. The topological polar surface area (TPSA) is 70.6 Å². The summed E-state index contributed by atoms with van der Waals surface area (Å²) in [6.07, 6.45) is -4.85. The predicted octanol–water partition coefficient (Wildman–Crippen LogP) is 5.63. The van der Waals surface area contributed by atoms with Crippen molar-refractivity contribution >= 4 is 34.6 Å². The molecule has 0 spiro atoms. The van der Waals surface area contributed by atoms with Crippen LogP contribution in [0.2, 0.25) is 0 Å². The van der Waals surface area contributed by atoms with Gasteiger partial charge >= 0.3 is 23.9 Å². The van der Waals surface area contributed by atoms with E-state index in [0.717, 1.165) is 29.9 Å². The third-order valence-electron chi connectivity index (χ3n) is 4.33. The van der Waals surface area contributed by atoms with Gasteiger partial charge in [0.15, 0.2) is 0 Å². The van der Waals surface area contributed by atoms with Crippen molar-refractivity contribution in [3.8, 4) is 0 Å². The maximum Gasteiger partial charge on any atom is 0.460 e. The van der Waals surface area contributed by atoms with Crippen LogP contribution >= 0.6 is 11.3 Å². The summed E-state index contributed by atoms with van der Waals surface area (Å²) in [5.41, 5.74) is 2.96. The van der Waals surface area contributed by atoms with Gasteiger partial charge in [0, 0.05) is 15.9 Å². The second-order valence-corrected chi connectivity index (χ2v) is 7.86. The van der Waals surface area contributed by atoms with Crippen LogP contribution in [0.3, 0.4) is 0 Å². The molecule has 1 aromatic carbocycles. The zero-order valence-corrected chi connectivity index (χ0v) is 18.0. The molecule has 0 aliphatic heterocycles. The molecule has 2 aromatic rings. The SMILES string of the molecule is CCCc1cc(C(=O)N/N=C(\C)c2ccc(NC(=O)C(F)(F)C(F)(F)C(F)(F)F)cc2)cs1. The minimum Gasteiger partial charge on any atom is -0.321 e. The highest BCUT2D eigenvalue weighted by molar-refractivity contribution is 7.10. The molecule has 13 heteroatoms. The predicted molar refractivity (Wildman–Crippen MR) is 109 cm³/mol. The first-order valence-corrected chi connectivity index (χ1v) is 10.2. The van der Waals surface area contributed by atoms with Gasteiger partial charge in [-0.3, -0.25) is 9.59 Å². The summed E-state index contributed by atoms with van der Waals surface area (Å²) < 4.78 is 89.3. The monoisotopic (exact) mass is 497 g/mol. The summed E-state index contributed by atoms with van der Waals surface area (Å²) in [6.45, 7) is 3.51. The van der Waals surface area contributed by atoms with E-state index < -0.39 is 35.5 Å². The molecule has 0 atom stereocenters. The molecule has 0 bridgehead atoms. The first kappa shape index (κ1) is 26.3. The fraction of sp³-hybridized carbons (Fsp3) is 0.350. The normalized spacial score (nSPS) is 13.1. The molecule has 0 unspecified atom stereocenters. The molecular formula is C20H18F7N3O2S. The molecule has 0 saturated carbocycles. The van der Waals surface area contributed by atoms with Crippen LogP contribution in [-0.2, 0) is 11.2 Å². The number of nitrogens with one attached hydrogen (secondary N) is 2. The highest BCUT2D eigenvalue weighted by Crippen LogP contribution is 2.46. The Morgan fingerprint density at radius 2 is 1.61 bits per heavy atom. The largest absolute Gasteiger partial charge is 0.460 e. The van der Waals surface area contributed by atoms with Crippen LogP contribution in [0.25, 0.3) is 0 Å². The highest BCUT2D eigenvalue weighted by atomic mass is 32.1. The number of rotatable bonds is 8. The second kappa shape index (κ2) is 9.89. The number of aryl methyl sites for hydroxylation is 1. The summed E-state index contributed by atoms with van der Waals surface area (Å²) >= 11 is 1.44. The van der Waals surface area contributed by atoms with Gasteiger partial charge in [-0.15, -0.1) is 11.3 Å². The zero-order chi connectivity index (χ0) is 25.0. The Labute approximate surface area is 187 Å². The minimum absolute atomic E-state index is 0.277. The maximum absolute atomic E-state index is 13.4. The van der Waals surface area contributed by atoms with Crippen LogP contribution in [0.15, 0.2) is 40.8 Å². The van der Waals surface area contributed by atoms with E-state index in [1.807, 2.05) is 6.92 Å². The molecule has 2 amide bonds. The van der Waals surface area contributed by atoms with Crippen molar-refractivity contribution in [2.45, 2.75) is 44.7 Å². The Hall–Kier alpha value is -2.96. The third-order valence-corrected chi connectivity index (χ3v) is 5.33. The van der Waals surface area contributed by atoms with Crippen LogP contribution in [0.4, 0.5) is 36.4 Å². The number of alkyl halides is 7. The van der Waals surface area contributed by atoms with E-state index >= 15 is 0 Å². The van der Waals surface area contributed by atoms with Gasteiger partial charge in [0.05, 0.1) is 11.3 Å². The number of anilines is 1. The van der Waals surface area contributed by atoms with E-state index in [1.165, 1.54) is 35.7 Å². The average molecular weight is 497 g/mol. The Balaban J connectivity index is 2.05. The molecule has 0 radical (unpaired) electrons. The van der Waals surface area contributed by atoms with Crippen molar-refractivity contribution in [1.82, 2.24) is 5.43 Å². The Kier molecular flexibility index (Phi) is 7.88. The number of halogens is 7. The molecule has 180 valence electrons. The molecule has 5 nitrogen and oxygen atoms in total. The van der Waals surface area contributed by atoms with Gasteiger partial charge in [-0.2, -0.15) is 35.8 Å². The lowest BCUT2D eigenvalue weighted by molar-refractivity contribution is -0.343. The van der Waals surface area contributed by atoms with E-state index in [-0.39, 0.29) is 5.71 Å². The van der Waals surface area contributed by atoms with Crippen LogP contribution in [-0.4, -0.2) is 35.5 Å². The van der Waals surface area contributed by atoms with Crippen LogP contribution in [0.1, 0.15) is 41.1 Å². The van der Waals surface area contributed by atoms with Crippen LogP contribution in [0, 0.1) is 0 Å². The lowest BCUT2D eigenvalue weighted by atomic mass is 10.1. The van der Waals surface area contributed by atoms with Gasteiger partial charge in [-0.05, 0) is 37.1 Å². The molecule has 1 heterocycles. The molecule has 0 aliphatic rings. The zero-order valence-electron chi connectivity index (χ0n) is 17.2. The van der Waals surface area contributed by atoms with Gasteiger partial charge < -0.3 is 5.32 Å². The fourth-order valence-corrected chi connectivity index (χ4v) is 3.44. The number of amides is 2. The van der Waals surface area contributed by atoms with Crippen molar-refractivity contribution in [3.63, 3.8) is 0 Å². The third kappa shape index (κ3) is 5.89. The number of hydrogen-bond acceptors (Lipinski definition) is 4. The summed E-state index contributed by atoms with van der Waals surface area (Å²) in [7, 11) is 0. The summed E-state index contributed by atoms with van der Waals surface area (Å²) in [4.78, 5) is 24.6. The van der Waals surface area contributed by atoms with E-state index in [2.05, 4.69) is 10.5 Å². The number of carbonyl (C=O) groups is 2. The standard InChI is InChI=1S/C20H18F7N3O2S/c1-3-4-15-9-13(10-33-15)16(31)30-29-11(2)12-5-7-14(8-6-12)28-17(32)18(21,22)19(23,24)20(25,26)27/h5-10H,3-4H2,1-2H3,(H,28,32)(H,30,31)/b29-11+. The number of hydrazone groups is 1. The van der Waals surface area contributed by atoms with Crippen molar-refractivity contribution in [1.29, 1.82) is 0 Å². The van der Waals surface area contributed by atoms with Crippen LogP contribution < -0.4 is 10.7 Å². The second-order valence-electron chi connectivity index (χ2n) is 6.87. The molecular weight excluding hydrogens is 479 g/mol. The van der Waals surface area contributed by atoms with Gasteiger partial charge in [0.1, 0.15) is 0 Å². The summed E-state index contributed by atoms with van der Waals surface area (Å²) in [5.74, 6) is -15.8. The van der Waals surface area contributed by atoms with Crippen molar-refractivity contribution in [2.24, 2.45) is 5.10 Å². The average Bonchev–Trinajstić information content (AvgIpc) is 3.20. The highest BCUT2D eigenvalue weighted by Gasteiger charge is 2.76. The Bertz CT molecular complexity index is 1030. The lowest BCUT2D eigenvalue weighted by Gasteiger charge is -2.27. The Morgan fingerprint density at radius 1 is 1.00 bits per heavy atom. The molecule has 0 aliphatic carbocycles. The van der Waals surface area contributed by atoms with Gasteiger partial charge in [-0.1, -0.05) is 25.5 Å². The summed E-state index contributed by atoms with van der Waals surface area (Å²) in [5, 5.41) is 6.92. The minimum atomic E-state index is -6.61. The first-order chi connectivity index (χ1) is 15.2. The molecule has 0 saturated heterocycles. The summed E-state index contributed by atoms with van der Waals surface area (Å²) in [6, 6.07) is 6.23. The molecule has 33 heavy (non-hydrogen) atoms. The van der Waals surface area contributed by atoms with Crippen molar-refractivity contribution in [3.05, 3.63) is 51.7 Å². The Morgan fingerprint density at radius 3 is 2.15 bits per heavy atom. The first-order valence-electron chi connectivity index (χ1n) is 9.37. The van der Waals surface area contributed by atoms with E-state index in [1.54, 1.807) is 11.4 Å². The van der Waals surface area contributed by atoms with E-state index in [4.69, 9.17) is 0 Å². The van der Waals surface area contributed by atoms with Gasteiger partial charge in [0.2, 0.25) is 0 Å². The van der Waals surface area contributed by atoms with Crippen molar-refractivity contribution < 1.29 is 40.3 Å². The van der Waals surface area contributed by atoms with Crippen molar-refractivity contribution in [2.75, 3.05) is 5.32 Å². The fourth-order valence-electron chi connectivity index (χ4n) is 2.47. The lowest BCUT2D eigenvalue weighted by Crippen LogP contribution is -2.57. The van der Waals surface area contributed by atoms with Crippen LogP contribution in [0.5, 0.6) is 0 Å². The van der Waals surface area contributed by atoms with Gasteiger partial charge in [-0.25, -0.2) is 5.43 Å². The molecule has 2 N–H and O–H groups in total. The molecule has 1 aromatic heterocycles. The number of carbonyl (C=O) groups excluding carboxylic acids is 2. The van der Waals surface area contributed by atoms with E-state index in [0.29, 0.717) is 11.1 Å².